The smallest absolute Gasteiger partial charge is 0.243 e. The summed E-state index contributed by atoms with van der Waals surface area (Å²) in [5, 5.41) is 0. The molecule has 3 N–H and O–H groups in total. The number of benzene rings is 1. The number of likely N-dealkylation sites (tertiary alicyclic amines) is 1. The lowest BCUT2D eigenvalue weighted by Gasteiger charge is -2.30. The van der Waals surface area contributed by atoms with Crippen LogP contribution in [0, 0.1) is 5.92 Å². The van der Waals surface area contributed by atoms with Crippen LogP contribution in [0.5, 0.6) is 0 Å². The highest BCUT2D eigenvalue weighted by molar-refractivity contribution is 7.89. The molecule has 1 amide bonds. The number of hydrogen-bond donors (Lipinski definition) is 2. The summed E-state index contributed by atoms with van der Waals surface area (Å²) in [6, 6.07) is 6.19. The Kier molecular flexibility index (Phi) is 4.84. The van der Waals surface area contributed by atoms with Gasteiger partial charge in [-0.05, 0) is 30.9 Å². The van der Waals surface area contributed by atoms with Crippen molar-refractivity contribution in [3.63, 3.8) is 0 Å². The van der Waals surface area contributed by atoms with E-state index >= 15 is 0 Å². The van der Waals surface area contributed by atoms with Gasteiger partial charge in [0.15, 0.2) is 0 Å². The zero-order chi connectivity index (χ0) is 15.5. The zero-order valence-electron chi connectivity index (χ0n) is 12.1. The van der Waals surface area contributed by atoms with E-state index in [1.165, 1.54) is 12.1 Å². The topological polar surface area (TPSA) is 92.5 Å². The largest absolute Gasteiger partial charge is 0.398 e. The van der Waals surface area contributed by atoms with Crippen LogP contribution in [-0.2, 0) is 14.8 Å². The molecule has 0 aliphatic carbocycles. The van der Waals surface area contributed by atoms with Crippen molar-refractivity contribution >= 4 is 21.6 Å². The van der Waals surface area contributed by atoms with Gasteiger partial charge < -0.3 is 10.6 Å². The van der Waals surface area contributed by atoms with Gasteiger partial charge in [0, 0.05) is 13.1 Å². The van der Waals surface area contributed by atoms with Gasteiger partial charge in [0.1, 0.15) is 4.90 Å². The molecule has 2 rings (SSSR count). The van der Waals surface area contributed by atoms with Crippen LogP contribution in [-0.4, -0.2) is 38.9 Å². The van der Waals surface area contributed by atoms with Gasteiger partial charge in [-0.25, -0.2) is 13.1 Å². The minimum absolute atomic E-state index is 0.00469. The summed E-state index contributed by atoms with van der Waals surface area (Å²) >= 11 is 0. The Labute approximate surface area is 125 Å². The van der Waals surface area contributed by atoms with E-state index in [9.17, 15) is 13.2 Å². The molecule has 0 radical (unpaired) electrons. The first-order valence-electron chi connectivity index (χ1n) is 7.02. The predicted octanol–water partition coefficient (Wildman–Crippen LogP) is 0.806. The number of nitrogens with zero attached hydrogens (tertiary/aromatic N) is 1. The number of nitrogen functional groups attached to an aromatic ring is 1. The number of para-hydroxylation sites is 1. The third-order valence-electron chi connectivity index (χ3n) is 3.76. The number of carbonyl (C=O) groups excluding carboxylic acids is 1. The number of rotatable bonds is 4. The third-order valence-corrected chi connectivity index (χ3v) is 5.23. The van der Waals surface area contributed by atoms with Gasteiger partial charge in [0.25, 0.3) is 0 Å². The summed E-state index contributed by atoms with van der Waals surface area (Å²) in [6.07, 6.45) is 1.92. The molecule has 1 saturated heterocycles. The van der Waals surface area contributed by atoms with Gasteiger partial charge in [-0.3, -0.25) is 4.79 Å². The number of sulfonamides is 1. The van der Waals surface area contributed by atoms with Gasteiger partial charge in [0.2, 0.25) is 15.9 Å². The zero-order valence-corrected chi connectivity index (χ0v) is 12.9. The highest BCUT2D eigenvalue weighted by atomic mass is 32.2. The summed E-state index contributed by atoms with van der Waals surface area (Å²) in [5.74, 6) is 0.426. The first kappa shape index (κ1) is 15.8. The van der Waals surface area contributed by atoms with E-state index in [1.54, 1.807) is 17.0 Å². The minimum atomic E-state index is -3.76. The summed E-state index contributed by atoms with van der Waals surface area (Å²) in [6.45, 7) is 3.30. The minimum Gasteiger partial charge on any atom is -0.398 e. The molecule has 0 bridgehead atoms. The third kappa shape index (κ3) is 3.95. The van der Waals surface area contributed by atoms with Crippen molar-refractivity contribution in [2.45, 2.75) is 24.7 Å². The maximum absolute atomic E-state index is 12.1. The molecule has 0 aromatic heterocycles. The lowest BCUT2D eigenvalue weighted by molar-refractivity contribution is -0.131. The van der Waals surface area contributed by atoms with Crippen LogP contribution >= 0.6 is 0 Å². The molecule has 1 aromatic rings. The Morgan fingerprint density at radius 3 is 2.57 bits per heavy atom. The van der Waals surface area contributed by atoms with Gasteiger partial charge in [-0.15, -0.1) is 0 Å². The second-order valence-electron chi connectivity index (χ2n) is 5.43. The Hall–Kier alpha value is -1.60. The van der Waals surface area contributed by atoms with E-state index in [0.29, 0.717) is 19.0 Å². The van der Waals surface area contributed by atoms with Crippen molar-refractivity contribution in [3.05, 3.63) is 24.3 Å². The fourth-order valence-electron chi connectivity index (χ4n) is 2.33. The number of anilines is 1. The molecule has 0 saturated carbocycles. The lowest BCUT2D eigenvalue weighted by Crippen LogP contribution is -2.43. The summed E-state index contributed by atoms with van der Waals surface area (Å²) in [5.41, 5.74) is 5.83. The van der Waals surface area contributed by atoms with Gasteiger partial charge >= 0.3 is 0 Å². The average molecular weight is 311 g/mol. The van der Waals surface area contributed by atoms with Crippen LogP contribution in [0.3, 0.4) is 0 Å². The second-order valence-corrected chi connectivity index (χ2v) is 7.16. The number of piperidine rings is 1. The van der Waals surface area contributed by atoms with Crippen molar-refractivity contribution in [3.8, 4) is 0 Å². The summed E-state index contributed by atoms with van der Waals surface area (Å²) in [4.78, 5) is 13.7. The molecule has 116 valence electrons. The molecular formula is C14H21N3O3S. The molecule has 1 aliphatic rings. The monoisotopic (exact) mass is 311 g/mol. The first-order valence-corrected chi connectivity index (χ1v) is 8.50. The van der Waals surface area contributed by atoms with E-state index in [1.807, 2.05) is 0 Å². The summed E-state index contributed by atoms with van der Waals surface area (Å²) in [7, 11) is -3.76. The fraction of sp³-hybridized carbons (Fsp3) is 0.500. The molecule has 1 aliphatic heterocycles. The molecule has 1 aromatic carbocycles. The lowest BCUT2D eigenvalue weighted by atomic mass is 9.99. The van der Waals surface area contributed by atoms with Crippen molar-refractivity contribution in [2.75, 3.05) is 25.4 Å². The van der Waals surface area contributed by atoms with Gasteiger partial charge in [-0.2, -0.15) is 0 Å². The highest BCUT2D eigenvalue weighted by Gasteiger charge is 2.23. The maximum atomic E-state index is 12.1. The highest BCUT2D eigenvalue weighted by Crippen LogP contribution is 2.18. The molecule has 21 heavy (non-hydrogen) atoms. The number of nitrogens with one attached hydrogen (secondary N) is 1. The van der Waals surface area contributed by atoms with E-state index in [0.717, 1.165) is 12.8 Å². The van der Waals surface area contributed by atoms with E-state index in [2.05, 4.69) is 11.6 Å². The molecule has 0 atom stereocenters. The Morgan fingerprint density at radius 1 is 1.33 bits per heavy atom. The molecule has 6 nitrogen and oxygen atoms in total. The molecule has 0 spiro atoms. The average Bonchev–Trinajstić information content (AvgIpc) is 2.46. The van der Waals surface area contributed by atoms with Gasteiger partial charge in [-0.1, -0.05) is 19.1 Å². The Balaban J connectivity index is 1.96. The van der Waals surface area contributed by atoms with Crippen LogP contribution < -0.4 is 10.5 Å². The number of nitrogens with two attached hydrogens (primary N) is 1. The van der Waals surface area contributed by atoms with Crippen molar-refractivity contribution < 1.29 is 13.2 Å². The van der Waals surface area contributed by atoms with Crippen LogP contribution in [0.25, 0.3) is 0 Å². The van der Waals surface area contributed by atoms with Crippen LogP contribution in [0.15, 0.2) is 29.2 Å². The molecule has 1 heterocycles. The van der Waals surface area contributed by atoms with E-state index < -0.39 is 10.0 Å². The second kappa shape index (κ2) is 6.44. The van der Waals surface area contributed by atoms with Crippen LogP contribution in [0.2, 0.25) is 0 Å². The number of carbonyl (C=O) groups is 1. The maximum Gasteiger partial charge on any atom is 0.243 e. The molecule has 7 heteroatoms. The van der Waals surface area contributed by atoms with Crippen molar-refractivity contribution in [2.24, 2.45) is 5.92 Å². The van der Waals surface area contributed by atoms with Crippen LogP contribution in [0.1, 0.15) is 19.8 Å². The SMILES string of the molecule is CC1CCN(C(=O)CNS(=O)(=O)c2ccccc2N)CC1. The normalized spacial score (nSPS) is 16.9. The van der Waals surface area contributed by atoms with Crippen LogP contribution in [0.4, 0.5) is 5.69 Å². The van der Waals surface area contributed by atoms with Gasteiger partial charge in [0.05, 0.1) is 12.2 Å². The Bertz CT molecular complexity index is 608. The Morgan fingerprint density at radius 2 is 1.95 bits per heavy atom. The number of hydrogen-bond acceptors (Lipinski definition) is 4. The van der Waals surface area contributed by atoms with Crippen molar-refractivity contribution in [1.29, 1.82) is 0 Å². The fourth-order valence-corrected chi connectivity index (χ4v) is 3.43. The van der Waals surface area contributed by atoms with E-state index in [4.69, 9.17) is 5.73 Å². The molecule has 1 fully saturated rings. The number of amides is 1. The summed E-state index contributed by atoms with van der Waals surface area (Å²) < 4.78 is 26.6. The standard InChI is InChI=1S/C14H21N3O3S/c1-11-6-8-17(9-7-11)14(18)10-16-21(19,20)13-5-3-2-4-12(13)15/h2-5,11,16H,6-10,15H2,1H3. The molecule has 0 unspecified atom stereocenters. The molecular weight excluding hydrogens is 290 g/mol. The van der Waals surface area contributed by atoms with Crippen molar-refractivity contribution in [1.82, 2.24) is 9.62 Å². The van der Waals surface area contributed by atoms with E-state index in [-0.39, 0.29) is 23.0 Å². The quantitative estimate of drug-likeness (QED) is 0.805. The first-order chi connectivity index (χ1) is 9.90. The predicted molar refractivity (Wildman–Crippen MR) is 81.0 cm³/mol.